The molecule has 0 bridgehead atoms. The van der Waals surface area contributed by atoms with Crippen LogP contribution in [0.2, 0.25) is 0 Å². The molecule has 1 heterocycles. The Balaban J connectivity index is 2.16. The van der Waals surface area contributed by atoms with Crippen molar-refractivity contribution in [3.63, 3.8) is 0 Å². The Kier molecular flexibility index (Phi) is 4.70. The van der Waals surface area contributed by atoms with Crippen molar-refractivity contribution >= 4 is 21.9 Å². The number of aryl methyl sites for hydroxylation is 1. The molecule has 20 heavy (non-hydrogen) atoms. The van der Waals surface area contributed by atoms with E-state index in [-0.39, 0.29) is 5.82 Å². The number of hydrogen-bond acceptors (Lipinski definition) is 3. The molecule has 0 unspecified atom stereocenters. The van der Waals surface area contributed by atoms with Gasteiger partial charge in [-0.15, -0.1) is 0 Å². The van der Waals surface area contributed by atoms with Crippen molar-refractivity contribution in [1.82, 2.24) is 9.97 Å². The lowest BCUT2D eigenvalue weighted by molar-refractivity contribution is 0.612. The van der Waals surface area contributed by atoms with E-state index in [4.69, 9.17) is 0 Å². The van der Waals surface area contributed by atoms with Gasteiger partial charge in [0.2, 0.25) is 5.95 Å². The second-order valence-corrected chi connectivity index (χ2v) is 5.92. The molecule has 0 aliphatic carbocycles. The molecule has 5 heteroatoms. The van der Waals surface area contributed by atoms with Gasteiger partial charge in [-0.1, -0.05) is 29.8 Å². The van der Waals surface area contributed by atoms with Crippen LogP contribution in [0.1, 0.15) is 36.7 Å². The van der Waals surface area contributed by atoms with Gasteiger partial charge in [0.25, 0.3) is 0 Å². The van der Waals surface area contributed by atoms with Crippen molar-refractivity contribution in [3.05, 3.63) is 51.5 Å². The van der Waals surface area contributed by atoms with Crippen LogP contribution in [0.5, 0.6) is 0 Å². The third kappa shape index (κ3) is 3.76. The van der Waals surface area contributed by atoms with Gasteiger partial charge >= 0.3 is 0 Å². The summed E-state index contributed by atoms with van der Waals surface area (Å²) in [4.78, 5) is 8.77. The number of nitrogens with one attached hydrogen (secondary N) is 1. The second kappa shape index (κ2) is 6.31. The molecule has 3 nitrogen and oxygen atoms in total. The molecule has 0 amide bonds. The fraction of sp³-hybridized carbons (Fsp3) is 0.333. The molecule has 2 aromatic rings. The molecule has 1 N–H and O–H groups in total. The Morgan fingerprint density at radius 3 is 2.70 bits per heavy atom. The van der Waals surface area contributed by atoms with Crippen molar-refractivity contribution in [2.45, 2.75) is 33.2 Å². The summed E-state index contributed by atoms with van der Waals surface area (Å²) in [6.07, 6.45) is 0. The average molecular weight is 338 g/mol. The van der Waals surface area contributed by atoms with E-state index in [1.54, 1.807) is 12.1 Å². The summed E-state index contributed by atoms with van der Waals surface area (Å²) in [5, 5.41) is 3.08. The Morgan fingerprint density at radius 2 is 2.00 bits per heavy atom. The normalized spacial score (nSPS) is 10.9. The summed E-state index contributed by atoms with van der Waals surface area (Å²) in [5.74, 6) is 0.630. The topological polar surface area (TPSA) is 37.8 Å². The standard InChI is InChI=1S/C15H17BrFN3/c1-9(2)14-6-10(3)19-15(20-14)18-8-11-7-12(16)4-5-13(11)17/h4-7,9H,8H2,1-3H3,(H,18,19,20). The molecule has 0 aliphatic rings. The first-order chi connectivity index (χ1) is 9.45. The van der Waals surface area contributed by atoms with Crippen LogP contribution in [0.15, 0.2) is 28.7 Å². The van der Waals surface area contributed by atoms with E-state index in [0.717, 1.165) is 15.9 Å². The maximum Gasteiger partial charge on any atom is 0.223 e. The van der Waals surface area contributed by atoms with E-state index in [0.29, 0.717) is 24.0 Å². The SMILES string of the molecule is Cc1cc(C(C)C)nc(NCc2cc(Br)ccc2F)n1. The van der Waals surface area contributed by atoms with Crippen LogP contribution in [0.3, 0.4) is 0 Å². The molecule has 106 valence electrons. The summed E-state index contributed by atoms with van der Waals surface area (Å²) in [5.41, 5.74) is 2.46. The lowest BCUT2D eigenvalue weighted by Gasteiger charge is -2.10. The van der Waals surface area contributed by atoms with Gasteiger partial charge in [0.05, 0.1) is 0 Å². The van der Waals surface area contributed by atoms with Crippen molar-refractivity contribution in [2.24, 2.45) is 0 Å². The fourth-order valence-corrected chi connectivity index (χ4v) is 2.23. The number of aromatic nitrogens is 2. The Hall–Kier alpha value is -1.49. The van der Waals surface area contributed by atoms with Crippen molar-refractivity contribution < 1.29 is 4.39 Å². The predicted octanol–water partition coefficient (Wildman–Crippen LogP) is 4.42. The zero-order chi connectivity index (χ0) is 14.7. The highest BCUT2D eigenvalue weighted by Crippen LogP contribution is 2.18. The third-order valence-corrected chi connectivity index (χ3v) is 3.40. The molecular weight excluding hydrogens is 321 g/mol. The summed E-state index contributed by atoms with van der Waals surface area (Å²) < 4.78 is 14.5. The number of hydrogen-bond donors (Lipinski definition) is 1. The minimum Gasteiger partial charge on any atom is -0.350 e. The van der Waals surface area contributed by atoms with Gasteiger partial charge in [-0.25, -0.2) is 14.4 Å². The van der Waals surface area contributed by atoms with Crippen LogP contribution >= 0.6 is 15.9 Å². The Morgan fingerprint density at radius 1 is 1.25 bits per heavy atom. The van der Waals surface area contributed by atoms with Gasteiger partial charge < -0.3 is 5.32 Å². The van der Waals surface area contributed by atoms with Gasteiger partial charge in [-0.05, 0) is 37.1 Å². The summed E-state index contributed by atoms with van der Waals surface area (Å²) >= 11 is 3.34. The molecule has 0 saturated heterocycles. The second-order valence-electron chi connectivity index (χ2n) is 5.00. The molecule has 0 saturated carbocycles. The number of halogens is 2. The molecule has 0 radical (unpaired) electrons. The maximum absolute atomic E-state index is 13.7. The molecule has 0 spiro atoms. The van der Waals surface area contributed by atoms with E-state index in [1.807, 2.05) is 13.0 Å². The lowest BCUT2D eigenvalue weighted by Crippen LogP contribution is -2.08. The van der Waals surface area contributed by atoms with E-state index >= 15 is 0 Å². The largest absolute Gasteiger partial charge is 0.350 e. The number of anilines is 1. The predicted molar refractivity (Wildman–Crippen MR) is 82.3 cm³/mol. The minimum absolute atomic E-state index is 0.238. The zero-order valence-electron chi connectivity index (χ0n) is 11.7. The van der Waals surface area contributed by atoms with Crippen LogP contribution in [0.25, 0.3) is 0 Å². The van der Waals surface area contributed by atoms with Crippen molar-refractivity contribution in [1.29, 1.82) is 0 Å². The first-order valence-electron chi connectivity index (χ1n) is 6.49. The summed E-state index contributed by atoms with van der Waals surface area (Å²) in [7, 11) is 0. The highest BCUT2D eigenvalue weighted by molar-refractivity contribution is 9.10. The molecule has 2 rings (SSSR count). The van der Waals surface area contributed by atoms with Crippen LogP contribution in [0.4, 0.5) is 10.3 Å². The van der Waals surface area contributed by atoms with Crippen LogP contribution in [0, 0.1) is 12.7 Å². The quantitative estimate of drug-likeness (QED) is 0.897. The maximum atomic E-state index is 13.7. The number of rotatable bonds is 4. The van der Waals surface area contributed by atoms with Gasteiger partial charge in [-0.3, -0.25) is 0 Å². The first kappa shape index (κ1) is 14.9. The van der Waals surface area contributed by atoms with Crippen LogP contribution in [-0.4, -0.2) is 9.97 Å². The summed E-state index contributed by atoms with van der Waals surface area (Å²) in [6.45, 7) is 6.45. The van der Waals surface area contributed by atoms with Crippen molar-refractivity contribution in [2.75, 3.05) is 5.32 Å². The van der Waals surface area contributed by atoms with Gasteiger partial charge in [0.15, 0.2) is 0 Å². The third-order valence-electron chi connectivity index (χ3n) is 2.91. The molecule has 0 aliphatic heterocycles. The number of benzene rings is 1. The monoisotopic (exact) mass is 337 g/mol. The minimum atomic E-state index is -0.238. The summed E-state index contributed by atoms with van der Waals surface area (Å²) in [6, 6.07) is 6.84. The van der Waals surface area contributed by atoms with E-state index in [9.17, 15) is 4.39 Å². The number of nitrogens with zero attached hydrogens (tertiary/aromatic N) is 2. The Labute approximate surface area is 126 Å². The van der Waals surface area contributed by atoms with Gasteiger partial charge in [0, 0.05) is 28.0 Å². The molecule has 0 fully saturated rings. The molecule has 0 atom stereocenters. The highest BCUT2D eigenvalue weighted by Gasteiger charge is 2.07. The molecule has 1 aromatic carbocycles. The van der Waals surface area contributed by atoms with E-state index in [2.05, 4.69) is 45.1 Å². The molecular formula is C15H17BrFN3. The lowest BCUT2D eigenvalue weighted by atomic mass is 10.1. The Bertz CT molecular complexity index is 614. The fourth-order valence-electron chi connectivity index (χ4n) is 1.82. The highest BCUT2D eigenvalue weighted by atomic mass is 79.9. The smallest absolute Gasteiger partial charge is 0.223 e. The first-order valence-corrected chi connectivity index (χ1v) is 7.28. The molecule has 1 aromatic heterocycles. The van der Waals surface area contributed by atoms with Crippen molar-refractivity contribution in [3.8, 4) is 0 Å². The van der Waals surface area contributed by atoms with E-state index in [1.165, 1.54) is 6.07 Å². The van der Waals surface area contributed by atoms with Gasteiger partial charge in [0.1, 0.15) is 5.82 Å². The van der Waals surface area contributed by atoms with Crippen LogP contribution in [-0.2, 0) is 6.54 Å². The zero-order valence-corrected chi connectivity index (χ0v) is 13.3. The van der Waals surface area contributed by atoms with Gasteiger partial charge in [-0.2, -0.15) is 0 Å². The van der Waals surface area contributed by atoms with Crippen LogP contribution < -0.4 is 5.32 Å². The van der Waals surface area contributed by atoms with E-state index < -0.39 is 0 Å². The average Bonchev–Trinajstić information content (AvgIpc) is 2.39.